The maximum absolute atomic E-state index is 10.5. The maximum Gasteiger partial charge on any atom is 0.309 e. The van der Waals surface area contributed by atoms with Crippen molar-refractivity contribution in [2.24, 2.45) is 5.92 Å². The van der Waals surface area contributed by atoms with Crippen LogP contribution in [-0.2, 0) is 9.53 Å². The first kappa shape index (κ1) is 7.95. The van der Waals surface area contributed by atoms with Crippen LogP contribution in [0.15, 0.2) is 0 Å². The third-order valence-corrected chi connectivity index (χ3v) is 1.81. The SMILES string of the molecule is COC(=O)[C@@H](C)CBr. The fraction of sp³-hybridized carbons (Fsp3) is 0.800. The Balaban J connectivity index is 3.46. The van der Waals surface area contributed by atoms with E-state index in [1.54, 1.807) is 6.92 Å². The van der Waals surface area contributed by atoms with E-state index in [-0.39, 0.29) is 11.9 Å². The van der Waals surface area contributed by atoms with E-state index < -0.39 is 0 Å². The Morgan fingerprint density at radius 2 is 2.38 bits per heavy atom. The Hall–Kier alpha value is -0.0500. The highest BCUT2D eigenvalue weighted by Gasteiger charge is 2.09. The van der Waals surface area contributed by atoms with Crippen molar-refractivity contribution in [1.29, 1.82) is 0 Å². The minimum atomic E-state index is -0.165. The summed E-state index contributed by atoms with van der Waals surface area (Å²) in [6, 6.07) is 0. The quantitative estimate of drug-likeness (QED) is 0.472. The van der Waals surface area contributed by atoms with Gasteiger partial charge in [0.05, 0.1) is 13.0 Å². The van der Waals surface area contributed by atoms with Crippen molar-refractivity contribution in [1.82, 2.24) is 0 Å². The molecule has 1 atom stereocenters. The van der Waals surface area contributed by atoms with Gasteiger partial charge in [0.2, 0.25) is 0 Å². The predicted molar refractivity (Wildman–Crippen MR) is 35.0 cm³/mol. The van der Waals surface area contributed by atoms with Crippen molar-refractivity contribution < 1.29 is 9.53 Å². The fourth-order valence-electron chi connectivity index (χ4n) is 0.264. The Labute approximate surface area is 57.3 Å². The minimum Gasteiger partial charge on any atom is -0.469 e. The lowest BCUT2D eigenvalue weighted by molar-refractivity contribution is -0.143. The normalized spacial score (nSPS) is 12.9. The Morgan fingerprint density at radius 1 is 1.88 bits per heavy atom. The molecule has 0 spiro atoms. The zero-order valence-corrected chi connectivity index (χ0v) is 6.56. The minimum absolute atomic E-state index is 0.0278. The van der Waals surface area contributed by atoms with Crippen LogP contribution < -0.4 is 0 Å². The molecule has 0 rings (SSSR count). The summed E-state index contributed by atoms with van der Waals surface area (Å²) in [5.41, 5.74) is 0. The van der Waals surface area contributed by atoms with E-state index in [0.29, 0.717) is 5.33 Å². The van der Waals surface area contributed by atoms with Gasteiger partial charge >= 0.3 is 5.97 Å². The summed E-state index contributed by atoms with van der Waals surface area (Å²) in [6.45, 7) is 1.81. The van der Waals surface area contributed by atoms with Gasteiger partial charge in [0.15, 0.2) is 0 Å². The average molecular weight is 181 g/mol. The number of hydrogen-bond donors (Lipinski definition) is 0. The third kappa shape index (κ3) is 2.31. The number of alkyl halides is 1. The standard InChI is InChI=1S/C5H9BrO2/c1-4(3-6)5(7)8-2/h4H,3H2,1-2H3/t4-/m0/s1. The molecule has 0 aliphatic rings. The van der Waals surface area contributed by atoms with Crippen LogP contribution in [0.2, 0.25) is 0 Å². The molecular formula is C5H9BrO2. The number of methoxy groups -OCH3 is 1. The van der Waals surface area contributed by atoms with Crippen LogP contribution in [0.5, 0.6) is 0 Å². The molecule has 0 radical (unpaired) electrons. The fourth-order valence-corrected chi connectivity index (χ4v) is 0.529. The predicted octanol–water partition coefficient (Wildman–Crippen LogP) is 1.19. The topological polar surface area (TPSA) is 26.3 Å². The van der Waals surface area contributed by atoms with Crippen LogP contribution in [0.25, 0.3) is 0 Å². The second kappa shape index (κ2) is 3.89. The van der Waals surface area contributed by atoms with Gasteiger partial charge in [0.25, 0.3) is 0 Å². The monoisotopic (exact) mass is 180 g/mol. The molecule has 0 aromatic heterocycles. The molecule has 0 saturated carbocycles. The van der Waals surface area contributed by atoms with Crippen LogP contribution in [0.4, 0.5) is 0 Å². The molecular weight excluding hydrogens is 172 g/mol. The van der Waals surface area contributed by atoms with E-state index in [4.69, 9.17) is 0 Å². The van der Waals surface area contributed by atoms with Crippen molar-refractivity contribution in [3.05, 3.63) is 0 Å². The highest BCUT2D eigenvalue weighted by Crippen LogP contribution is 2.00. The van der Waals surface area contributed by atoms with Gasteiger partial charge in [-0.05, 0) is 0 Å². The highest BCUT2D eigenvalue weighted by atomic mass is 79.9. The summed E-state index contributed by atoms with van der Waals surface area (Å²) in [5.74, 6) is -0.193. The lowest BCUT2D eigenvalue weighted by atomic mass is 10.2. The lowest BCUT2D eigenvalue weighted by Gasteiger charge is -2.01. The average Bonchev–Trinajstić information content (AvgIpc) is 1.84. The number of hydrogen-bond acceptors (Lipinski definition) is 2. The van der Waals surface area contributed by atoms with Crippen LogP contribution in [0.1, 0.15) is 6.92 Å². The first-order valence-electron chi connectivity index (χ1n) is 2.36. The Kier molecular flexibility index (Phi) is 3.87. The number of esters is 1. The summed E-state index contributed by atoms with van der Waals surface area (Å²) in [6.07, 6.45) is 0. The molecule has 0 amide bonds. The molecule has 0 bridgehead atoms. The van der Waals surface area contributed by atoms with Gasteiger partial charge in [0, 0.05) is 5.33 Å². The molecule has 0 aliphatic carbocycles. The second-order valence-corrected chi connectivity index (χ2v) is 2.23. The molecule has 0 saturated heterocycles. The van der Waals surface area contributed by atoms with Gasteiger partial charge < -0.3 is 4.74 Å². The van der Waals surface area contributed by atoms with E-state index in [1.165, 1.54) is 7.11 Å². The second-order valence-electron chi connectivity index (χ2n) is 1.58. The van der Waals surface area contributed by atoms with Crippen molar-refractivity contribution in [2.75, 3.05) is 12.4 Å². The molecule has 2 nitrogen and oxygen atoms in total. The summed E-state index contributed by atoms with van der Waals surface area (Å²) in [4.78, 5) is 10.5. The van der Waals surface area contributed by atoms with E-state index in [0.717, 1.165) is 0 Å². The number of halogens is 1. The Morgan fingerprint density at radius 3 is 2.50 bits per heavy atom. The number of carbonyl (C=O) groups excluding carboxylic acids is 1. The third-order valence-electron chi connectivity index (χ3n) is 0.835. The van der Waals surface area contributed by atoms with E-state index in [1.807, 2.05) is 0 Å². The summed E-state index contributed by atoms with van der Waals surface area (Å²) < 4.78 is 4.43. The molecule has 0 aliphatic heterocycles. The Bertz CT molecular complexity index is 82.5. The van der Waals surface area contributed by atoms with Crippen molar-refractivity contribution >= 4 is 21.9 Å². The molecule has 0 heterocycles. The van der Waals surface area contributed by atoms with E-state index >= 15 is 0 Å². The molecule has 0 unspecified atom stereocenters. The summed E-state index contributed by atoms with van der Waals surface area (Å²) in [7, 11) is 1.39. The van der Waals surface area contributed by atoms with Gasteiger partial charge in [-0.25, -0.2) is 0 Å². The zero-order chi connectivity index (χ0) is 6.57. The van der Waals surface area contributed by atoms with Crippen LogP contribution in [0, 0.1) is 5.92 Å². The van der Waals surface area contributed by atoms with Crippen LogP contribution >= 0.6 is 15.9 Å². The van der Waals surface area contributed by atoms with Gasteiger partial charge in [-0.15, -0.1) is 0 Å². The highest BCUT2D eigenvalue weighted by molar-refractivity contribution is 9.09. The maximum atomic E-state index is 10.5. The largest absolute Gasteiger partial charge is 0.469 e. The molecule has 0 fully saturated rings. The molecule has 0 aromatic rings. The van der Waals surface area contributed by atoms with Crippen LogP contribution in [-0.4, -0.2) is 18.4 Å². The molecule has 8 heavy (non-hydrogen) atoms. The smallest absolute Gasteiger partial charge is 0.309 e. The first-order valence-corrected chi connectivity index (χ1v) is 3.48. The van der Waals surface area contributed by atoms with Gasteiger partial charge in [-0.1, -0.05) is 22.9 Å². The zero-order valence-electron chi connectivity index (χ0n) is 4.98. The van der Waals surface area contributed by atoms with Crippen molar-refractivity contribution in [2.45, 2.75) is 6.92 Å². The number of ether oxygens (including phenoxy) is 1. The number of carbonyl (C=O) groups is 1. The van der Waals surface area contributed by atoms with Crippen LogP contribution in [0.3, 0.4) is 0 Å². The van der Waals surface area contributed by atoms with Crippen molar-refractivity contribution in [3.63, 3.8) is 0 Å². The molecule has 3 heteroatoms. The first-order chi connectivity index (χ1) is 3.72. The van der Waals surface area contributed by atoms with Crippen molar-refractivity contribution in [3.8, 4) is 0 Å². The number of rotatable bonds is 2. The summed E-state index contributed by atoms with van der Waals surface area (Å²) in [5, 5.41) is 0.666. The molecule has 0 N–H and O–H groups in total. The summed E-state index contributed by atoms with van der Waals surface area (Å²) >= 11 is 3.16. The van der Waals surface area contributed by atoms with Gasteiger partial charge in [0.1, 0.15) is 0 Å². The lowest BCUT2D eigenvalue weighted by Crippen LogP contribution is -2.13. The molecule has 0 aromatic carbocycles. The van der Waals surface area contributed by atoms with Gasteiger partial charge in [-0.3, -0.25) is 4.79 Å². The molecule has 48 valence electrons. The van der Waals surface area contributed by atoms with Gasteiger partial charge in [-0.2, -0.15) is 0 Å². The van der Waals surface area contributed by atoms with E-state index in [9.17, 15) is 4.79 Å². The van der Waals surface area contributed by atoms with E-state index in [2.05, 4.69) is 20.7 Å².